The number of ether oxygens (including phenoxy) is 2. The number of piperidine rings is 1. The summed E-state index contributed by atoms with van der Waals surface area (Å²) in [5, 5.41) is 8.16. The number of likely N-dealkylation sites (tertiary alicyclic amines) is 1. The molecule has 4 aromatic rings. The summed E-state index contributed by atoms with van der Waals surface area (Å²) in [6.45, 7) is 7.66. The second kappa shape index (κ2) is 11.2. The molecule has 0 bridgehead atoms. The van der Waals surface area contributed by atoms with Gasteiger partial charge in [-0.05, 0) is 45.8 Å². The van der Waals surface area contributed by atoms with Crippen LogP contribution in [0.2, 0.25) is 0 Å². The highest BCUT2D eigenvalue weighted by Gasteiger charge is 2.34. The van der Waals surface area contributed by atoms with Crippen LogP contribution in [0.3, 0.4) is 0 Å². The number of nitrogens with two attached hydrogens (primary N) is 1. The van der Waals surface area contributed by atoms with E-state index in [0.29, 0.717) is 22.5 Å². The van der Waals surface area contributed by atoms with Gasteiger partial charge in [0.25, 0.3) is 5.91 Å². The average Bonchev–Trinajstić information content (AvgIpc) is 3.50. The summed E-state index contributed by atoms with van der Waals surface area (Å²) in [6, 6.07) is 8.17. The number of aromatic nitrogens is 4. The van der Waals surface area contributed by atoms with Crippen molar-refractivity contribution in [3.05, 3.63) is 47.1 Å². The van der Waals surface area contributed by atoms with Crippen molar-refractivity contribution in [2.24, 2.45) is 5.73 Å². The number of fused-ring (bicyclic) bond motifs is 1. The van der Waals surface area contributed by atoms with Crippen molar-refractivity contribution in [2.45, 2.75) is 51.1 Å². The molecular formula is C28H30F3N7O3S. The van der Waals surface area contributed by atoms with Gasteiger partial charge in [-0.15, -0.1) is 24.5 Å². The Hall–Kier alpha value is -3.75. The number of benzene rings is 1. The molecule has 0 saturated carbocycles. The maximum atomic E-state index is 13.2. The van der Waals surface area contributed by atoms with E-state index in [1.165, 1.54) is 24.4 Å². The Balaban J connectivity index is 1.33. The summed E-state index contributed by atoms with van der Waals surface area (Å²) >= 11 is 1.01. The Labute approximate surface area is 243 Å². The molecule has 1 amide bonds. The van der Waals surface area contributed by atoms with Crippen molar-refractivity contribution >= 4 is 39.2 Å². The quantitative estimate of drug-likeness (QED) is 0.273. The third-order valence-electron chi connectivity index (χ3n) is 7.61. The largest absolute Gasteiger partial charge is 0.573 e. The first-order chi connectivity index (χ1) is 20.1. The Bertz CT molecular complexity index is 1610. The van der Waals surface area contributed by atoms with Gasteiger partial charge in [-0.2, -0.15) is 5.10 Å². The van der Waals surface area contributed by atoms with Crippen molar-refractivity contribution in [2.75, 3.05) is 31.6 Å². The van der Waals surface area contributed by atoms with Crippen LogP contribution in [0.5, 0.6) is 5.75 Å². The third-order valence-corrected chi connectivity index (χ3v) is 8.73. The SMILES string of the molecule is CC(C)n1nc(C2CCN(C3COC3)CC2)cc1Nc1ncc2sc(C(N)=O)c(-c3ccccc3OC(F)(F)F)c2n1. The molecule has 0 spiro atoms. The number of para-hydroxylation sites is 1. The van der Waals surface area contributed by atoms with Crippen LogP contribution < -0.4 is 15.8 Å². The summed E-state index contributed by atoms with van der Waals surface area (Å²) < 4.78 is 51.6. The molecule has 0 unspecified atom stereocenters. The molecule has 0 atom stereocenters. The lowest BCUT2D eigenvalue weighted by Gasteiger charge is -2.41. The standard InChI is InChI=1S/C28H30F3N7O3S/c1-15(2)38-22(11-19(36-38)16-7-9-37(10-8-16)17-13-40-14-17)34-27-33-12-21-24(35-27)23(25(42-21)26(32)39)18-5-3-4-6-20(18)41-28(29,30)31/h3-6,11-12,15-17H,7-10,13-14H2,1-2H3,(H2,32,39)(H,33,34,35). The maximum Gasteiger partial charge on any atom is 0.573 e. The molecule has 3 N–H and O–H groups in total. The van der Waals surface area contributed by atoms with Gasteiger partial charge >= 0.3 is 6.36 Å². The highest BCUT2D eigenvalue weighted by Crippen LogP contribution is 2.43. The maximum absolute atomic E-state index is 13.2. The molecular weight excluding hydrogens is 571 g/mol. The Morgan fingerprint density at radius 3 is 2.60 bits per heavy atom. The van der Waals surface area contributed by atoms with E-state index < -0.39 is 18.0 Å². The van der Waals surface area contributed by atoms with Crippen molar-refractivity contribution in [3.63, 3.8) is 0 Å². The molecule has 6 rings (SSSR count). The topological polar surface area (TPSA) is 120 Å². The fraction of sp³-hybridized carbons (Fsp3) is 0.429. The predicted octanol–water partition coefficient (Wildman–Crippen LogP) is 5.46. The third kappa shape index (κ3) is 5.65. The number of primary amides is 1. The van der Waals surface area contributed by atoms with Gasteiger partial charge in [0.1, 0.15) is 16.4 Å². The monoisotopic (exact) mass is 601 g/mol. The number of amides is 1. The van der Waals surface area contributed by atoms with Crippen LogP contribution in [0.15, 0.2) is 36.5 Å². The molecule has 3 aromatic heterocycles. The van der Waals surface area contributed by atoms with Crippen molar-refractivity contribution < 1.29 is 27.4 Å². The fourth-order valence-corrected chi connectivity index (χ4v) is 6.45. The number of alkyl halides is 3. The molecule has 2 aliphatic heterocycles. The lowest BCUT2D eigenvalue weighted by molar-refractivity contribution is -0.274. The first-order valence-corrected chi connectivity index (χ1v) is 14.5. The average molecular weight is 602 g/mol. The van der Waals surface area contributed by atoms with Crippen LogP contribution >= 0.6 is 11.3 Å². The molecule has 0 aliphatic carbocycles. The molecule has 5 heterocycles. The van der Waals surface area contributed by atoms with Gasteiger partial charge in [0, 0.05) is 29.2 Å². The zero-order chi connectivity index (χ0) is 29.6. The van der Waals surface area contributed by atoms with Gasteiger partial charge in [-0.25, -0.2) is 14.6 Å². The van der Waals surface area contributed by atoms with E-state index in [2.05, 4.69) is 24.9 Å². The zero-order valence-corrected chi connectivity index (χ0v) is 23.8. The summed E-state index contributed by atoms with van der Waals surface area (Å²) in [5.41, 5.74) is 7.13. The van der Waals surface area contributed by atoms with E-state index in [9.17, 15) is 18.0 Å². The molecule has 10 nitrogen and oxygen atoms in total. The molecule has 0 radical (unpaired) electrons. The number of carbonyl (C=O) groups is 1. The first-order valence-electron chi connectivity index (χ1n) is 13.7. The van der Waals surface area contributed by atoms with E-state index in [0.717, 1.165) is 56.2 Å². The van der Waals surface area contributed by atoms with Crippen LogP contribution in [0, 0.1) is 0 Å². The summed E-state index contributed by atoms with van der Waals surface area (Å²) in [7, 11) is 0. The van der Waals surface area contributed by atoms with Crippen molar-refractivity contribution in [1.82, 2.24) is 24.6 Å². The van der Waals surface area contributed by atoms with Gasteiger partial charge in [0.15, 0.2) is 0 Å². The van der Waals surface area contributed by atoms with Gasteiger partial charge in [-0.3, -0.25) is 9.69 Å². The smallest absolute Gasteiger partial charge is 0.405 e. The van der Waals surface area contributed by atoms with Gasteiger partial charge in [-0.1, -0.05) is 18.2 Å². The molecule has 2 saturated heterocycles. The molecule has 42 heavy (non-hydrogen) atoms. The van der Waals surface area contributed by atoms with Crippen molar-refractivity contribution in [3.8, 4) is 16.9 Å². The number of rotatable bonds is 8. The van der Waals surface area contributed by atoms with Crippen LogP contribution in [0.25, 0.3) is 21.3 Å². The lowest BCUT2D eigenvalue weighted by atomic mass is 9.92. The normalized spacial score (nSPS) is 17.1. The Morgan fingerprint density at radius 1 is 1.21 bits per heavy atom. The number of hydrogen-bond acceptors (Lipinski definition) is 9. The number of carbonyl (C=O) groups excluding carboxylic acids is 1. The second-order valence-electron chi connectivity index (χ2n) is 10.7. The van der Waals surface area contributed by atoms with E-state index in [4.69, 9.17) is 15.6 Å². The fourth-order valence-electron chi connectivity index (χ4n) is 5.47. The molecule has 222 valence electrons. The minimum absolute atomic E-state index is 0.0433. The summed E-state index contributed by atoms with van der Waals surface area (Å²) in [4.78, 5) is 24.0. The van der Waals surface area contributed by atoms with Gasteiger partial charge in [0.05, 0.1) is 41.4 Å². The Kier molecular flexibility index (Phi) is 7.53. The number of nitrogens with one attached hydrogen (secondary N) is 1. The molecule has 2 aliphatic rings. The summed E-state index contributed by atoms with van der Waals surface area (Å²) in [5.74, 6) is -0.0267. The van der Waals surface area contributed by atoms with Crippen LogP contribution in [-0.4, -0.2) is 69.3 Å². The lowest BCUT2D eigenvalue weighted by Crippen LogP contribution is -2.51. The second-order valence-corrected chi connectivity index (χ2v) is 11.8. The van der Waals surface area contributed by atoms with E-state index in [1.807, 2.05) is 24.6 Å². The van der Waals surface area contributed by atoms with Crippen LogP contribution in [0.4, 0.5) is 24.9 Å². The highest BCUT2D eigenvalue weighted by atomic mass is 32.1. The predicted molar refractivity (Wildman–Crippen MR) is 152 cm³/mol. The minimum Gasteiger partial charge on any atom is -0.405 e. The molecule has 1 aromatic carbocycles. The van der Waals surface area contributed by atoms with E-state index >= 15 is 0 Å². The minimum atomic E-state index is -4.92. The first kappa shape index (κ1) is 28.4. The Morgan fingerprint density at radius 2 is 1.95 bits per heavy atom. The van der Waals surface area contributed by atoms with Crippen LogP contribution in [0.1, 0.15) is 54.0 Å². The number of nitrogens with zero attached hydrogens (tertiary/aromatic N) is 5. The number of hydrogen-bond donors (Lipinski definition) is 2. The van der Waals surface area contributed by atoms with E-state index in [1.54, 1.807) is 6.07 Å². The van der Waals surface area contributed by atoms with Gasteiger partial charge < -0.3 is 20.5 Å². The number of thiophene rings is 1. The molecule has 2 fully saturated rings. The highest BCUT2D eigenvalue weighted by molar-refractivity contribution is 7.21. The molecule has 14 heteroatoms. The summed E-state index contributed by atoms with van der Waals surface area (Å²) in [6.07, 6.45) is -1.40. The van der Waals surface area contributed by atoms with Crippen molar-refractivity contribution in [1.29, 1.82) is 0 Å². The van der Waals surface area contributed by atoms with Gasteiger partial charge in [0.2, 0.25) is 5.95 Å². The van der Waals surface area contributed by atoms with Crippen LogP contribution in [-0.2, 0) is 4.74 Å². The van der Waals surface area contributed by atoms with E-state index in [-0.39, 0.29) is 33.5 Å². The number of halogens is 3. The zero-order valence-electron chi connectivity index (χ0n) is 23.0. The number of anilines is 2.